The summed E-state index contributed by atoms with van der Waals surface area (Å²) in [6.07, 6.45) is 0.144. The van der Waals surface area contributed by atoms with Crippen molar-refractivity contribution in [2.75, 3.05) is 25.1 Å². The molecule has 3 rings (SSSR count). The molecular weight excluding hydrogens is 404 g/mol. The molecule has 168 valence electrons. The summed E-state index contributed by atoms with van der Waals surface area (Å²) in [5.41, 5.74) is 1.71. The van der Waals surface area contributed by atoms with Crippen molar-refractivity contribution in [3.63, 3.8) is 0 Å². The fourth-order valence-corrected chi connectivity index (χ4v) is 3.00. The van der Waals surface area contributed by atoms with Crippen LogP contribution in [0.1, 0.15) is 19.4 Å². The first-order chi connectivity index (χ1) is 15.6. The van der Waals surface area contributed by atoms with Crippen molar-refractivity contribution in [1.82, 2.24) is 5.32 Å². The van der Waals surface area contributed by atoms with Crippen LogP contribution in [0.5, 0.6) is 17.2 Å². The van der Waals surface area contributed by atoms with Gasteiger partial charge in [-0.05, 0) is 55.8 Å². The Kier molecular flexibility index (Phi) is 8.95. The van der Waals surface area contributed by atoms with Crippen LogP contribution in [0.4, 0.5) is 5.69 Å². The second kappa shape index (κ2) is 12.4. The minimum atomic E-state index is -0.138. The summed E-state index contributed by atoms with van der Waals surface area (Å²) in [5.74, 6) is 2.11. The van der Waals surface area contributed by atoms with Crippen LogP contribution in [0.15, 0.2) is 78.9 Å². The number of nitrogens with one attached hydrogen (secondary N) is 2. The van der Waals surface area contributed by atoms with E-state index < -0.39 is 0 Å². The van der Waals surface area contributed by atoms with Gasteiger partial charge in [0.2, 0.25) is 5.91 Å². The van der Waals surface area contributed by atoms with E-state index in [-0.39, 0.29) is 18.6 Å². The fourth-order valence-electron chi connectivity index (χ4n) is 3.00. The van der Waals surface area contributed by atoms with E-state index in [4.69, 9.17) is 14.2 Å². The van der Waals surface area contributed by atoms with Crippen molar-refractivity contribution < 1.29 is 19.0 Å². The van der Waals surface area contributed by atoms with E-state index >= 15 is 0 Å². The van der Waals surface area contributed by atoms with Gasteiger partial charge in [-0.3, -0.25) is 4.79 Å². The molecule has 0 saturated carbocycles. The highest BCUT2D eigenvalue weighted by molar-refractivity contribution is 5.93. The van der Waals surface area contributed by atoms with E-state index in [1.165, 1.54) is 0 Å². The van der Waals surface area contributed by atoms with E-state index in [0.29, 0.717) is 31.2 Å². The molecule has 0 aliphatic heterocycles. The zero-order chi connectivity index (χ0) is 22.6. The zero-order valence-electron chi connectivity index (χ0n) is 18.5. The fraction of sp³-hybridized carbons (Fsp3) is 0.269. The Balaban J connectivity index is 1.40. The molecule has 0 aromatic heterocycles. The largest absolute Gasteiger partial charge is 0.491 e. The van der Waals surface area contributed by atoms with Gasteiger partial charge in [-0.15, -0.1) is 0 Å². The standard InChI is InChI=1S/C26H30N2O4/c1-20(2)32-23-14-12-21(13-15-23)18-27-19-26(29)28-24-10-6-7-11-25(24)31-17-16-30-22-8-4-3-5-9-22/h3-15,20,27H,16-19H2,1-2H3,(H,28,29). The molecule has 32 heavy (non-hydrogen) atoms. The van der Waals surface area contributed by atoms with Crippen LogP contribution in [0.3, 0.4) is 0 Å². The third-order valence-electron chi connectivity index (χ3n) is 4.42. The summed E-state index contributed by atoms with van der Waals surface area (Å²) in [7, 11) is 0. The summed E-state index contributed by atoms with van der Waals surface area (Å²) >= 11 is 0. The van der Waals surface area contributed by atoms with Gasteiger partial charge in [-0.1, -0.05) is 42.5 Å². The number of hydrogen-bond acceptors (Lipinski definition) is 5. The zero-order valence-corrected chi connectivity index (χ0v) is 18.5. The molecule has 0 unspecified atom stereocenters. The Morgan fingerprint density at radius 2 is 1.50 bits per heavy atom. The lowest BCUT2D eigenvalue weighted by Crippen LogP contribution is -2.28. The minimum Gasteiger partial charge on any atom is -0.491 e. The Hall–Kier alpha value is -3.51. The first-order valence-electron chi connectivity index (χ1n) is 10.8. The molecular formula is C26H30N2O4. The van der Waals surface area contributed by atoms with Gasteiger partial charge >= 0.3 is 0 Å². The van der Waals surface area contributed by atoms with Crippen molar-refractivity contribution in [2.45, 2.75) is 26.5 Å². The Labute approximate surface area is 189 Å². The smallest absolute Gasteiger partial charge is 0.238 e. The van der Waals surface area contributed by atoms with Crippen molar-refractivity contribution in [2.24, 2.45) is 0 Å². The summed E-state index contributed by atoms with van der Waals surface area (Å²) in [4.78, 5) is 12.4. The monoisotopic (exact) mass is 434 g/mol. The Morgan fingerprint density at radius 1 is 0.812 bits per heavy atom. The molecule has 1 amide bonds. The van der Waals surface area contributed by atoms with E-state index in [9.17, 15) is 4.79 Å². The molecule has 0 radical (unpaired) electrons. The maximum Gasteiger partial charge on any atom is 0.238 e. The van der Waals surface area contributed by atoms with Crippen LogP contribution in [0, 0.1) is 0 Å². The second-order valence-electron chi connectivity index (χ2n) is 7.47. The van der Waals surface area contributed by atoms with Gasteiger partial charge in [-0.2, -0.15) is 0 Å². The van der Waals surface area contributed by atoms with Gasteiger partial charge in [0.15, 0.2) is 0 Å². The van der Waals surface area contributed by atoms with E-state index in [1.54, 1.807) is 0 Å². The molecule has 0 atom stereocenters. The maximum absolute atomic E-state index is 12.4. The molecule has 0 heterocycles. The normalized spacial score (nSPS) is 10.6. The number of amides is 1. The number of anilines is 1. The van der Waals surface area contributed by atoms with Crippen LogP contribution in [0.25, 0.3) is 0 Å². The molecule has 2 N–H and O–H groups in total. The van der Waals surface area contributed by atoms with Crippen LogP contribution < -0.4 is 24.8 Å². The van der Waals surface area contributed by atoms with Crippen molar-refractivity contribution in [3.05, 3.63) is 84.4 Å². The number of carbonyl (C=O) groups is 1. The highest BCUT2D eigenvalue weighted by Crippen LogP contribution is 2.23. The molecule has 6 heteroatoms. The number of rotatable bonds is 12. The van der Waals surface area contributed by atoms with Crippen molar-refractivity contribution in [3.8, 4) is 17.2 Å². The molecule has 0 spiro atoms. The number of hydrogen-bond donors (Lipinski definition) is 2. The quantitative estimate of drug-likeness (QED) is 0.406. The van der Waals surface area contributed by atoms with Gasteiger partial charge < -0.3 is 24.8 Å². The topological polar surface area (TPSA) is 68.8 Å². The molecule has 0 aliphatic rings. The summed E-state index contributed by atoms with van der Waals surface area (Å²) in [6, 6.07) is 24.8. The summed E-state index contributed by atoms with van der Waals surface area (Å²) < 4.78 is 17.1. The highest BCUT2D eigenvalue weighted by atomic mass is 16.5. The van der Waals surface area contributed by atoms with Crippen LogP contribution in [-0.2, 0) is 11.3 Å². The summed E-state index contributed by atoms with van der Waals surface area (Å²) in [6.45, 7) is 5.55. The third-order valence-corrected chi connectivity index (χ3v) is 4.42. The predicted octanol–water partition coefficient (Wildman–Crippen LogP) is 4.66. The number of ether oxygens (including phenoxy) is 3. The van der Waals surface area contributed by atoms with Crippen LogP contribution >= 0.6 is 0 Å². The molecule has 0 aliphatic carbocycles. The number of benzene rings is 3. The molecule has 0 fully saturated rings. The van der Waals surface area contributed by atoms with Gasteiger partial charge in [0.1, 0.15) is 30.5 Å². The lowest BCUT2D eigenvalue weighted by atomic mass is 10.2. The first kappa shape index (κ1) is 23.2. The maximum atomic E-state index is 12.4. The second-order valence-corrected chi connectivity index (χ2v) is 7.47. The Morgan fingerprint density at radius 3 is 2.25 bits per heavy atom. The van der Waals surface area contributed by atoms with Gasteiger partial charge in [0.25, 0.3) is 0 Å². The molecule has 0 bridgehead atoms. The SMILES string of the molecule is CC(C)Oc1ccc(CNCC(=O)Nc2ccccc2OCCOc2ccccc2)cc1. The van der Waals surface area contributed by atoms with Gasteiger partial charge in [-0.25, -0.2) is 0 Å². The van der Waals surface area contributed by atoms with Crippen molar-refractivity contribution in [1.29, 1.82) is 0 Å². The lowest BCUT2D eigenvalue weighted by Gasteiger charge is -2.13. The third kappa shape index (κ3) is 7.96. The Bertz CT molecular complexity index is 959. The van der Waals surface area contributed by atoms with E-state index in [1.807, 2.05) is 92.7 Å². The predicted molar refractivity (Wildman–Crippen MR) is 126 cm³/mol. The average Bonchev–Trinajstić information content (AvgIpc) is 2.79. The van der Waals surface area contributed by atoms with Gasteiger partial charge in [0, 0.05) is 6.54 Å². The highest BCUT2D eigenvalue weighted by Gasteiger charge is 2.08. The molecule has 3 aromatic rings. The van der Waals surface area contributed by atoms with E-state index in [2.05, 4.69) is 10.6 Å². The number of para-hydroxylation sites is 3. The lowest BCUT2D eigenvalue weighted by molar-refractivity contribution is -0.115. The molecule has 3 aromatic carbocycles. The average molecular weight is 435 g/mol. The molecule has 0 saturated heterocycles. The number of carbonyl (C=O) groups excluding carboxylic acids is 1. The summed E-state index contributed by atoms with van der Waals surface area (Å²) in [5, 5.41) is 6.06. The molecule has 6 nitrogen and oxygen atoms in total. The van der Waals surface area contributed by atoms with Crippen LogP contribution in [0.2, 0.25) is 0 Å². The van der Waals surface area contributed by atoms with Crippen LogP contribution in [-0.4, -0.2) is 31.8 Å². The van der Waals surface area contributed by atoms with E-state index in [0.717, 1.165) is 17.1 Å². The van der Waals surface area contributed by atoms with Gasteiger partial charge in [0.05, 0.1) is 18.3 Å². The van der Waals surface area contributed by atoms with Crippen molar-refractivity contribution >= 4 is 11.6 Å². The minimum absolute atomic E-state index is 0.138. The first-order valence-corrected chi connectivity index (χ1v) is 10.8.